The van der Waals surface area contributed by atoms with Gasteiger partial charge in [-0.25, -0.2) is 4.99 Å². The van der Waals surface area contributed by atoms with Gasteiger partial charge in [-0.05, 0) is 49.2 Å². The van der Waals surface area contributed by atoms with Gasteiger partial charge in [-0.3, -0.25) is 14.6 Å². The molecule has 39 heavy (non-hydrogen) atoms. The molecule has 0 spiro atoms. The highest BCUT2D eigenvalue weighted by Crippen LogP contribution is 2.30. The number of fused-ring (bicyclic) bond motifs is 1. The number of methoxy groups -OCH3 is 2. The van der Waals surface area contributed by atoms with Crippen LogP contribution < -0.4 is 20.3 Å². The number of hydrogen-bond donors (Lipinski definition) is 1. The molecule has 0 saturated heterocycles. The molecular weight excluding hydrogens is 498 g/mol. The zero-order valence-electron chi connectivity index (χ0n) is 22.7. The summed E-state index contributed by atoms with van der Waals surface area (Å²) < 4.78 is 22.3. The number of nitrogens with zero attached hydrogens (tertiary/aromatic N) is 2. The van der Waals surface area contributed by atoms with E-state index in [-0.39, 0.29) is 30.1 Å². The van der Waals surface area contributed by atoms with Gasteiger partial charge < -0.3 is 23.9 Å². The van der Waals surface area contributed by atoms with Gasteiger partial charge in [0.1, 0.15) is 23.7 Å². The summed E-state index contributed by atoms with van der Waals surface area (Å²) in [5.74, 6) is 0.221. The van der Waals surface area contributed by atoms with Gasteiger partial charge in [0.25, 0.3) is 5.91 Å². The average Bonchev–Trinajstić information content (AvgIpc) is 2.97. The van der Waals surface area contributed by atoms with Crippen LogP contribution in [0, 0.1) is 6.92 Å². The first-order valence-electron chi connectivity index (χ1n) is 12.6. The van der Waals surface area contributed by atoms with Crippen molar-refractivity contribution < 1.29 is 28.2 Å². The van der Waals surface area contributed by atoms with Crippen molar-refractivity contribution in [2.24, 2.45) is 4.99 Å². The smallest absolute Gasteiger partial charge is 0.305 e. The quantitative estimate of drug-likeness (QED) is 0.279. The first kappa shape index (κ1) is 27.4. The number of aromatic nitrogens is 1. The standard InChI is InChI=1S/C30H31N3O6/c1-6-19-8-10-21(11-9-19)32-30-24(29(35)33-25-13-12-22(36-4)14-26(25)37-5)15-23-20(17-38-27(34)7-2)16-31-18(3)28(23)39-30/h8-16H,6-7,17H2,1-5H3,(H,33,35). The molecule has 0 fully saturated rings. The maximum atomic E-state index is 13.7. The molecule has 0 aliphatic carbocycles. The van der Waals surface area contributed by atoms with Crippen LogP contribution in [0.3, 0.4) is 0 Å². The minimum absolute atomic E-state index is 0.00565. The van der Waals surface area contributed by atoms with E-state index in [0.717, 1.165) is 6.42 Å². The lowest BCUT2D eigenvalue weighted by atomic mass is 10.1. The summed E-state index contributed by atoms with van der Waals surface area (Å²) in [5.41, 5.74) is 4.21. The number of benzene rings is 2. The predicted molar refractivity (Wildman–Crippen MR) is 147 cm³/mol. The zero-order valence-corrected chi connectivity index (χ0v) is 22.7. The highest BCUT2D eigenvalue weighted by atomic mass is 16.5. The van der Waals surface area contributed by atoms with Gasteiger partial charge in [0.2, 0.25) is 5.55 Å². The molecule has 2 heterocycles. The van der Waals surface area contributed by atoms with Crippen molar-refractivity contribution in [3.05, 3.63) is 82.7 Å². The van der Waals surface area contributed by atoms with Gasteiger partial charge in [-0.1, -0.05) is 26.0 Å². The molecule has 9 nitrogen and oxygen atoms in total. The Kier molecular flexibility index (Phi) is 8.60. The molecule has 0 saturated carbocycles. The topological polar surface area (TPSA) is 112 Å². The van der Waals surface area contributed by atoms with Crippen LogP contribution in [-0.4, -0.2) is 31.1 Å². The number of aryl methyl sites for hydroxylation is 2. The third-order valence-electron chi connectivity index (χ3n) is 6.21. The summed E-state index contributed by atoms with van der Waals surface area (Å²) in [5, 5.41) is 3.49. The molecular formula is C30H31N3O6. The molecule has 4 rings (SSSR count). The van der Waals surface area contributed by atoms with Crippen LogP contribution in [0.15, 0.2) is 64.1 Å². The molecule has 2 aromatic heterocycles. The molecule has 0 aliphatic heterocycles. The Balaban J connectivity index is 1.87. The Hall–Kier alpha value is -4.66. The van der Waals surface area contributed by atoms with Gasteiger partial charge in [0.15, 0.2) is 5.58 Å². The van der Waals surface area contributed by atoms with Crippen LogP contribution >= 0.6 is 0 Å². The van der Waals surface area contributed by atoms with E-state index in [4.69, 9.17) is 18.6 Å². The van der Waals surface area contributed by atoms with E-state index in [1.54, 1.807) is 51.4 Å². The lowest BCUT2D eigenvalue weighted by molar-refractivity contribution is -0.144. The van der Waals surface area contributed by atoms with Gasteiger partial charge in [-0.15, -0.1) is 0 Å². The summed E-state index contributed by atoms with van der Waals surface area (Å²) in [7, 11) is 3.06. The Bertz CT molecular complexity index is 1570. The first-order valence-corrected chi connectivity index (χ1v) is 12.6. The molecule has 0 bridgehead atoms. The van der Waals surface area contributed by atoms with Crippen molar-refractivity contribution in [1.82, 2.24) is 4.98 Å². The van der Waals surface area contributed by atoms with Crippen LogP contribution in [0.2, 0.25) is 0 Å². The van der Waals surface area contributed by atoms with Gasteiger partial charge in [-0.2, -0.15) is 0 Å². The molecule has 2 aromatic carbocycles. The number of esters is 1. The molecule has 9 heteroatoms. The van der Waals surface area contributed by atoms with Crippen molar-refractivity contribution in [2.45, 2.75) is 40.2 Å². The summed E-state index contributed by atoms with van der Waals surface area (Å²) >= 11 is 0. The highest BCUT2D eigenvalue weighted by Gasteiger charge is 2.19. The molecule has 0 radical (unpaired) electrons. The van der Waals surface area contributed by atoms with Crippen LogP contribution in [0.5, 0.6) is 11.5 Å². The van der Waals surface area contributed by atoms with Crippen molar-refractivity contribution in [1.29, 1.82) is 0 Å². The second-order valence-corrected chi connectivity index (χ2v) is 8.74. The Morgan fingerprint density at radius 2 is 1.79 bits per heavy atom. The molecule has 0 unspecified atom stereocenters. The minimum atomic E-state index is -0.459. The van der Waals surface area contributed by atoms with E-state index >= 15 is 0 Å². The predicted octanol–water partition coefficient (Wildman–Crippen LogP) is 5.65. The molecule has 0 aliphatic rings. The maximum Gasteiger partial charge on any atom is 0.305 e. The van der Waals surface area contributed by atoms with Crippen molar-refractivity contribution in [2.75, 3.05) is 19.5 Å². The number of carbonyl (C=O) groups is 2. The molecule has 202 valence electrons. The third-order valence-corrected chi connectivity index (χ3v) is 6.21. The van der Waals surface area contributed by atoms with Crippen molar-refractivity contribution in [3.8, 4) is 11.5 Å². The van der Waals surface area contributed by atoms with E-state index in [2.05, 4.69) is 22.2 Å². The molecule has 0 atom stereocenters. The summed E-state index contributed by atoms with van der Waals surface area (Å²) in [4.78, 5) is 34.6. The number of rotatable bonds is 9. The van der Waals surface area contributed by atoms with E-state index in [0.29, 0.717) is 45.1 Å². The van der Waals surface area contributed by atoms with E-state index in [1.165, 1.54) is 12.7 Å². The molecule has 4 aromatic rings. The molecule has 1 N–H and O–H groups in total. The van der Waals surface area contributed by atoms with Gasteiger partial charge in [0, 0.05) is 29.6 Å². The largest absolute Gasteiger partial charge is 0.497 e. The normalized spacial score (nSPS) is 11.4. The Morgan fingerprint density at radius 1 is 1.03 bits per heavy atom. The fourth-order valence-electron chi connectivity index (χ4n) is 3.92. The number of hydrogen-bond acceptors (Lipinski definition) is 8. The number of ether oxygens (including phenoxy) is 3. The summed E-state index contributed by atoms with van der Waals surface area (Å²) in [6.45, 7) is 5.59. The first-order chi connectivity index (χ1) is 18.9. The van der Waals surface area contributed by atoms with Crippen molar-refractivity contribution in [3.63, 3.8) is 0 Å². The lowest BCUT2D eigenvalue weighted by Gasteiger charge is -2.13. The second kappa shape index (κ2) is 12.3. The fraction of sp³-hybridized carbons (Fsp3) is 0.267. The lowest BCUT2D eigenvalue weighted by Crippen LogP contribution is -2.22. The number of anilines is 1. The van der Waals surface area contributed by atoms with Gasteiger partial charge >= 0.3 is 5.97 Å². The molecule has 1 amide bonds. The van der Waals surface area contributed by atoms with E-state index < -0.39 is 5.91 Å². The average molecular weight is 530 g/mol. The van der Waals surface area contributed by atoms with Crippen LogP contribution in [0.1, 0.15) is 47.4 Å². The van der Waals surface area contributed by atoms with Gasteiger partial charge in [0.05, 0.1) is 31.3 Å². The van der Waals surface area contributed by atoms with E-state index in [1.807, 2.05) is 24.3 Å². The minimum Gasteiger partial charge on any atom is -0.497 e. The summed E-state index contributed by atoms with van der Waals surface area (Å²) in [6, 6.07) is 14.5. The van der Waals surface area contributed by atoms with Crippen LogP contribution in [0.25, 0.3) is 11.0 Å². The SMILES string of the molecule is CCC(=O)OCc1cnc(C)c2oc(=Nc3ccc(CC)cc3)c(C(=O)Nc3ccc(OC)cc3OC)cc12. The number of pyridine rings is 1. The maximum absolute atomic E-state index is 13.7. The number of carbonyl (C=O) groups excluding carboxylic acids is 2. The monoisotopic (exact) mass is 529 g/mol. The van der Waals surface area contributed by atoms with E-state index in [9.17, 15) is 9.59 Å². The van der Waals surface area contributed by atoms with Crippen molar-refractivity contribution >= 4 is 34.2 Å². The van der Waals surface area contributed by atoms with Crippen LogP contribution in [-0.2, 0) is 22.6 Å². The highest BCUT2D eigenvalue weighted by molar-refractivity contribution is 6.06. The number of nitrogens with one attached hydrogen (secondary N) is 1. The number of amides is 1. The van der Waals surface area contributed by atoms with Crippen LogP contribution in [0.4, 0.5) is 11.4 Å². The Morgan fingerprint density at radius 3 is 2.46 bits per heavy atom. The second-order valence-electron chi connectivity index (χ2n) is 8.74. The Labute approximate surface area is 226 Å². The third kappa shape index (κ3) is 6.26. The summed E-state index contributed by atoms with van der Waals surface area (Å²) in [6.07, 6.45) is 2.76. The zero-order chi connectivity index (χ0) is 27.9. The fourth-order valence-corrected chi connectivity index (χ4v) is 3.92.